The second kappa shape index (κ2) is 6.23. The van der Waals surface area contributed by atoms with Gasteiger partial charge in [0.05, 0.1) is 18.8 Å². The summed E-state index contributed by atoms with van der Waals surface area (Å²) in [5, 5.41) is 9.04. The molecule has 0 radical (unpaired) electrons. The van der Waals surface area contributed by atoms with E-state index in [1.165, 1.54) is 11.0 Å². The van der Waals surface area contributed by atoms with Gasteiger partial charge in [0, 0.05) is 0 Å². The molecule has 0 aromatic heterocycles. The molecule has 114 valence electrons. The summed E-state index contributed by atoms with van der Waals surface area (Å²) >= 11 is 1.91. The minimum Gasteiger partial charge on any atom is -0.441 e. The molecule has 0 aliphatic carbocycles. The van der Waals surface area contributed by atoms with E-state index in [0.717, 1.165) is 29.9 Å². The predicted molar refractivity (Wildman–Crippen MR) is 80.4 cm³/mol. The molecule has 1 aromatic carbocycles. The second-order valence-electron chi connectivity index (χ2n) is 5.39. The number of anilines is 1. The average Bonchev–Trinajstić information content (AvgIpc) is 2.89. The van der Waals surface area contributed by atoms with Crippen molar-refractivity contribution in [2.24, 2.45) is 0 Å². The van der Waals surface area contributed by atoms with Gasteiger partial charge in [-0.3, -0.25) is 4.90 Å². The molecule has 1 atom stereocenters. The first-order valence-electron chi connectivity index (χ1n) is 7.15. The fraction of sp³-hybridized carbons (Fsp3) is 0.533. The van der Waals surface area contributed by atoms with Crippen LogP contribution in [0.2, 0.25) is 0 Å². The monoisotopic (exact) mass is 311 g/mol. The summed E-state index contributed by atoms with van der Waals surface area (Å²) in [6.45, 7) is 0.0384. The van der Waals surface area contributed by atoms with Gasteiger partial charge in [-0.15, -0.1) is 0 Å². The van der Waals surface area contributed by atoms with Crippen LogP contribution in [0.1, 0.15) is 24.3 Å². The van der Waals surface area contributed by atoms with Gasteiger partial charge in [-0.2, -0.15) is 11.8 Å². The molecular weight excluding hydrogens is 293 g/mol. The number of ether oxygens (including phenoxy) is 1. The zero-order valence-corrected chi connectivity index (χ0v) is 12.4. The Morgan fingerprint density at radius 2 is 2.14 bits per heavy atom. The summed E-state index contributed by atoms with van der Waals surface area (Å²) in [7, 11) is 0. The Kier molecular flexibility index (Phi) is 4.35. The van der Waals surface area contributed by atoms with Crippen LogP contribution >= 0.6 is 11.8 Å². The maximum absolute atomic E-state index is 14.4. The molecule has 0 bridgehead atoms. The highest BCUT2D eigenvalue weighted by molar-refractivity contribution is 7.99. The van der Waals surface area contributed by atoms with Crippen LogP contribution in [0.3, 0.4) is 0 Å². The van der Waals surface area contributed by atoms with Gasteiger partial charge in [0.25, 0.3) is 0 Å². The number of hydrogen-bond acceptors (Lipinski definition) is 4. The number of rotatable bonds is 3. The van der Waals surface area contributed by atoms with Crippen LogP contribution in [-0.4, -0.2) is 42.0 Å². The SMILES string of the molecule is O=C1O[C@@H](CO)CN1c1ccc(C2CCSCC2)c(F)c1. The fourth-order valence-electron chi connectivity index (χ4n) is 2.85. The molecule has 2 aliphatic heterocycles. The largest absolute Gasteiger partial charge is 0.441 e. The van der Waals surface area contributed by atoms with Gasteiger partial charge in [-0.1, -0.05) is 6.07 Å². The number of nitrogens with zero attached hydrogens (tertiary/aromatic N) is 1. The van der Waals surface area contributed by atoms with Crippen LogP contribution in [0.4, 0.5) is 14.9 Å². The van der Waals surface area contributed by atoms with Crippen molar-refractivity contribution in [3.05, 3.63) is 29.6 Å². The first kappa shape index (κ1) is 14.7. The minimum atomic E-state index is -0.532. The molecule has 3 rings (SSSR count). The molecule has 6 heteroatoms. The van der Waals surface area contributed by atoms with E-state index in [2.05, 4.69) is 0 Å². The van der Waals surface area contributed by atoms with Gasteiger partial charge < -0.3 is 9.84 Å². The normalized spacial score (nSPS) is 23.4. The highest BCUT2D eigenvalue weighted by Gasteiger charge is 2.32. The first-order valence-corrected chi connectivity index (χ1v) is 8.30. The van der Waals surface area contributed by atoms with Crippen molar-refractivity contribution in [2.45, 2.75) is 24.9 Å². The van der Waals surface area contributed by atoms with Gasteiger partial charge in [0.15, 0.2) is 0 Å². The molecule has 2 heterocycles. The fourth-order valence-corrected chi connectivity index (χ4v) is 3.96. The Labute approximate surface area is 127 Å². The number of aliphatic hydroxyl groups excluding tert-OH is 1. The molecule has 4 nitrogen and oxygen atoms in total. The van der Waals surface area contributed by atoms with Gasteiger partial charge in [0.1, 0.15) is 11.9 Å². The third-order valence-corrected chi connectivity index (χ3v) is 5.08. The van der Waals surface area contributed by atoms with Crippen LogP contribution in [0.15, 0.2) is 18.2 Å². The van der Waals surface area contributed by atoms with E-state index < -0.39 is 12.2 Å². The van der Waals surface area contributed by atoms with Gasteiger partial charge in [-0.05, 0) is 48.0 Å². The number of thioether (sulfide) groups is 1. The number of hydrogen-bond donors (Lipinski definition) is 1. The van der Waals surface area contributed by atoms with Crippen LogP contribution in [-0.2, 0) is 4.74 Å². The highest BCUT2D eigenvalue weighted by Crippen LogP contribution is 2.34. The number of aliphatic hydroxyl groups is 1. The maximum Gasteiger partial charge on any atom is 0.414 e. The molecule has 0 unspecified atom stereocenters. The lowest BCUT2D eigenvalue weighted by molar-refractivity contribution is 0.0963. The van der Waals surface area contributed by atoms with Crippen LogP contribution in [0.25, 0.3) is 0 Å². The smallest absolute Gasteiger partial charge is 0.414 e. The van der Waals surface area contributed by atoms with Gasteiger partial charge in [-0.25, -0.2) is 9.18 Å². The minimum absolute atomic E-state index is 0.220. The van der Waals surface area contributed by atoms with E-state index in [0.29, 0.717) is 5.69 Å². The van der Waals surface area contributed by atoms with Gasteiger partial charge in [0.2, 0.25) is 0 Å². The zero-order chi connectivity index (χ0) is 14.8. The van der Waals surface area contributed by atoms with Crippen molar-refractivity contribution in [1.82, 2.24) is 0 Å². The summed E-state index contributed by atoms with van der Waals surface area (Å²) in [6, 6.07) is 4.95. The second-order valence-corrected chi connectivity index (χ2v) is 6.62. The molecule has 2 fully saturated rings. The van der Waals surface area contributed by atoms with Crippen molar-refractivity contribution >= 4 is 23.5 Å². The summed E-state index contributed by atoms with van der Waals surface area (Å²) in [4.78, 5) is 13.1. The van der Waals surface area contributed by atoms with E-state index in [1.807, 2.05) is 11.8 Å². The third-order valence-electron chi connectivity index (χ3n) is 4.03. The molecule has 2 aliphatic rings. The topological polar surface area (TPSA) is 49.8 Å². The maximum atomic E-state index is 14.4. The molecule has 0 saturated carbocycles. The van der Waals surface area contributed by atoms with Crippen molar-refractivity contribution < 1.29 is 19.0 Å². The molecule has 2 saturated heterocycles. The van der Waals surface area contributed by atoms with Crippen LogP contribution < -0.4 is 4.90 Å². The number of benzene rings is 1. The van der Waals surface area contributed by atoms with E-state index in [4.69, 9.17) is 9.84 Å². The Morgan fingerprint density at radius 1 is 1.38 bits per heavy atom. The Morgan fingerprint density at radius 3 is 2.76 bits per heavy atom. The Hall–Kier alpha value is -1.27. The number of cyclic esters (lactones) is 1. The standard InChI is InChI=1S/C15H18FNO3S/c16-14-7-11(17-8-12(9-18)20-15(17)19)1-2-13(14)10-3-5-21-6-4-10/h1-2,7,10,12,18H,3-6,8-9H2/t12-/m1/s1. The molecule has 1 aromatic rings. The van der Waals surface area contributed by atoms with E-state index in [-0.39, 0.29) is 24.9 Å². The van der Waals surface area contributed by atoms with Gasteiger partial charge >= 0.3 is 6.09 Å². The van der Waals surface area contributed by atoms with E-state index in [9.17, 15) is 9.18 Å². The summed E-state index contributed by atoms with van der Waals surface area (Å²) in [5.41, 5.74) is 1.23. The summed E-state index contributed by atoms with van der Waals surface area (Å²) < 4.78 is 19.3. The molecule has 1 amide bonds. The average molecular weight is 311 g/mol. The van der Waals surface area contributed by atoms with Crippen molar-refractivity contribution in [2.75, 3.05) is 29.6 Å². The van der Waals surface area contributed by atoms with E-state index in [1.54, 1.807) is 12.1 Å². The first-order chi connectivity index (χ1) is 10.2. The third kappa shape index (κ3) is 3.01. The molecule has 21 heavy (non-hydrogen) atoms. The number of carbonyl (C=O) groups excluding carboxylic acids is 1. The van der Waals surface area contributed by atoms with Crippen molar-refractivity contribution in [3.8, 4) is 0 Å². The molecular formula is C15H18FNO3S. The lowest BCUT2D eigenvalue weighted by atomic mass is 9.93. The summed E-state index contributed by atoms with van der Waals surface area (Å²) in [5.74, 6) is 2.16. The lowest BCUT2D eigenvalue weighted by Gasteiger charge is -2.23. The predicted octanol–water partition coefficient (Wildman–Crippen LogP) is 2.75. The van der Waals surface area contributed by atoms with Crippen molar-refractivity contribution in [1.29, 1.82) is 0 Å². The molecule has 1 N–H and O–H groups in total. The quantitative estimate of drug-likeness (QED) is 0.932. The molecule has 0 spiro atoms. The number of amides is 1. The summed E-state index contributed by atoms with van der Waals surface area (Å²) in [6.07, 6.45) is 0.935. The van der Waals surface area contributed by atoms with Crippen LogP contribution in [0, 0.1) is 5.82 Å². The number of halogens is 1. The zero-order valence-electron chi connectivity index (χ0n) is 11.6. The Bertz CT molecular complexity index is 534. The van der Waals surface area contributed by atoms with Crippen LogP contribution in [0.5, 0.6) is 0 Å². The highest BCUT2D eigenvalue weighted by atomic mass is 32.2. The lowest BCUT2D eigenvalue weighted by Crippen LogP contribution is -2.25. The Balaban J connectivity index is 1.79. The van der Waals surface area contributed by atoms with Crippen molar-refractivity contribution in [3.63, 3.8) is 0 Å². The number of carbonyl (C=O) groups is 1. The van der Waals surface area contributed by atoms with E-state index >= 15 is 0 Å².